The van der Waals surface area contributed by atoms with Gasteiger partial charge in [-0.05, 0) is 57.4 Å². The predicted molar refractivity (Wildman–Crippen MR) is 118 cm³/mol. The van der Waals surface area contributed by atoms with Crippen LogP contribution >= 0.6 is 0 Å². The van der Waals surface area contributed by atoms with Crippen molar-refractivity contribution < 1.29 is 14.1 Å². The number of amides is 2. The van der Waals surface area contributed by atoms with E-state index in [0.29, 0.717) is 42.2 Å². The molecule has 0 aliphatic carbocycles. The monoisotopic (exact) mass is 433 g/mol. The highest BCUT2D eigenvalue weighted by Crippen LogP contribution is 2.30. The van der Waals surface area contributed by atoms with Crippen molar-refractivity contribution in [3.05, 3.63) is 76.2 Å². The number of carbonyl (C=O) groups excluding carboxylic acids is 2. The smallest absolute Gasteiger partial charge is 0.259 e. The maximum Gasteiger partial charge on any atom is 0.259 e. The molecule has 4 rings (SSSR count). The maximum absolute atomic E-state index is 12.9. The van der Waals surface area contributed by atoms with Crippen molar-refractivity contribution >= 4 is 11.8 Å². The number of piperidine rings is 1. The molecule has 1 fully saturated rings. The molecule has 3 aromatic heterocycles. The van der Waals surface area contributed by atoms with E-state index in [1.165, 1.54) is 0 Å². The van der Waals surface area contributed by atoms with Crippen LogP contribution in [-0.4, -0.2) is 44.9 Å². The minimum atomic E-state index is -0.148. The molecule has 0 bridgehead atoms. The molecule has 4 heterocycles. The zero-order valence-corrected chi connectivity index (χ0v) is 18.6. The largest absolute Gasteiger partial charge is 0.361 e. The molecular formula is C24H27N5O3. The summed E-state index contributed by atoms with van der Waals surface area (Å²) in [5.74, 6) is 0.460. The molecular weight excluding hydrogens is 406 g/mol. The number of carbonyl (C=O) groups is 2. The molecule has 0 spiro atoms. The molecule has 0 saturated carbocycles. The van der Waals surface area contributed by atoms with Crippen LogP contribution in [0.25, 0.3) is 0 Å². The minimum Gasteiger partial charge on any atom is -0.361 e. The molecule has 3 aromatic rings. The van der Waals surface area contributed by atoms with Crippen molar-refractivity contribution in [3.63, 3.8) is 0 Å². The van der Waals surface area contributed by atoms with Gasteiger partial charge >= 0.3 is 0 Å². The molecule has 1 saturated heterocycles. The summed E-state index contributed by atoms with van der Waals surface area (Å²) in [4.78, 5) is 36.5. The van der Waals surface area contributed by atoms with Crippen molar-refractivity contribution in [2.24, 2.45) is 0 Å². The Balaban J connectivity index is 1.45. The third kappa shape index (κ3) is 4.54. The van der Waals surface area contributed by atoms with Gasteiger partial charge in [0.25, 0.3) is 11.8 Å². The van der Waals surface area contributed by atoms with Crippen molar-refractivity contribution in [1.82, 2.24) is 25.3 Å². The van der Waals surface area contributed by atoms with E-state index in [9.17, 15) is 9.59 Å². The van der Waals surface area contributed by atoms with Crippen LogP contribution in [0.1, 0.15) is 67.9 Å². The van der Waals surface area contributed by atoms with Gasteiger partial charge < -0.3 is 14.7 Å². The molecule has 0 aromatic carbocycles. The first-order chi connectivity index (χ1) is 15.4. The van der Waals surface area contributed by atoms with Crippen LogP contribution in [0.2, 0.25) is 0 Å². The first kappa shape index (κ1) is 21.7. The molecule has 1 aliphatic rings. The lowest BCUT2D eigenvalue weighted by atomic mass is 9.89. The normalized spacial score (nSPS) is 14.4. The summed E-state index contributed by atoms with van der Waals surface area (Å²) in [6.07, 6.45) is 4.93. The molecule has 0 unspecified atom stereocenters. The maximum atomic E-state index is 12.9. The number of likely N-dealkylation sites (tertiary alicyclic amines) is 1. The molecule has 1 aliphatic heterocycles. The first-order valence-electron chi connectivity index (χ1n) is 10.8. The van der Waals surface area contributed by atoms with Gasteiger partial charge in [-0.2, -0.15) is 0 Å². The van der Waals surface area contributed by atoms with Gasteiger partial charge in [0, 0.05) is 43.6 Å². The van der Waals surface area contributed by atoms with Crippen molar-refractivity contribution in [2.45, 2.75) is 46.1 Å². The standard InChI is InChI=1S/C24H27N5O3/c1-15-6-7-20(23(30)26-14-18-5-4-10-25-13-18)22(27-15)19-8-11-29(12-9-19)24(31)21-16(2)28-32-17(21)3/h4-7,10,13,19H,8-9,11-12,14H2,1-3H3,(H,26,30). The average Bonchev–Trinajstić information content (AvgIpc) is 3.15. The highest BCUT2D eigenvalue weighted by Gasteiger charge is 2.30. The van der Waals surface area contributed by atoms with E-state index < -0.39 is 0 Å². The van der Waals surface area contributed by atoms with Crippen molar-refractivity contribution in [2.75, 3.05) is 13.1 Å². The first-order valence-corrected chi connectivity index (χ1v) is 10.8. The summed E-state index contributed by atoms with van der Waals surface area (Å²) >= 11 is 0. The summed E-state index contributed by atoms with van der Waals surface area (Å²) in [5, 5.41) is 6.87. The quantitative estimate of drug-likeness (QED) is 0.662. The third-order valence-corrected chi connectivity index (χ3v) is 5.90. The molecule has 166 valence electrons. The van der Waals surface area contributed by atoms with Crippen molar-refractivity contribution in [3.8, 4) is 0 Å². The summed E-state index contributed by atoms with van der Waals surface area (Å²) in [7, 11) is 0. The van der Waals surface area contributed by atoms with E-state index in [2.05, 4.69) is 15.5 Å². The van der Waals surface area contributed by atoms with Crippen LogP contribution in [0.5, 0.6) is 0 Å². The number of aromatic nitrogens is 3. The Kier molecular flexibility index (Phi) is 6.30. The van der Waals surface area contributed by atoms with Gasteiger partial charge in [0.1, 0.15) is 11.3 Å². The third-order valence-electron chi connectivity index (χ3n) is 5.90. The highest BCUT2D eigenvalue weighted by molar-refractivity contribution is 5.96. The zero-order valence-electron chi connectivity index (χ0n) is 18.6. The molecule has 32 heavy (non-hydrogen) atoms. The SMILES string of the molecule is Cc1ccc(C(=O)NCc2cccnc2)c(C2CCN(C(=O)c3c(C)noc3C)CC2)n1. The Morgan fingerprint density at radius 3 is 2.59 bits per heavy atom. The lowest BCUT2D eigenvalue weighted by Crippen LogP contribution is -2.39. The van der Waals surface area contributed by atoms with Crippen LogP contribution in [0.3, 0.4) is 0 Å². The summed E-state index contributed by atoms with van der Waals surface area (Å²) in [6, 6.07) is 7.47. The van der Waals surface area contributed by atoms with Gasteiger partial charge in [-0.1, -0.05) is 11.2 Å². The second-order valence-corrected chi connectivity index (χ2v) is 8.20. The fraction of sp³-hybridized carbons (Fsp3) is 0.375. The van der Waals surface area contributed by atoms with Crippen molar-refractivity contribution in [1.29, 1.82) is 0 Å². The Labute approximate surface area is 187 Å². The summed E-state index contributed by atoms with van der Waals surface area (Å²) in [5.41, 5.74) is 4.37. The zero-order chi connectivity index (χ0) is 22.7. The Bertz CT molecular complexity index is 1100. The summed E-state index contributed by atoms with van der Waals surface area (Å²) < 4.78 is 5.15. The number of rotatable bonds is 5. The molecule has 8 nitrogen and oxygen atoms in total. The Morgan fingerprint density at radius 2 is 1.94 bits per heavy atom. The Morgan fingerprint density at radius 1 is 1.16 bits per heavy atom. The number of aryl methyl sites for hydroxylation is 3. The van der Waals surface area contributed by atoms with Crippen LogP contribution in [0, 0.1) is 20.8 Å². The molecule has 2 amide bonds. The summed E-state index contributed by atoms with van der Waals surface area (Å²) in [6.45, 7) is 7.07. The van der Waals surface area contributed by atoms with E-state index in [-0.39, 0.29) is 17.7 Å². The highest BCUT2D eigenvalue weighted by atomic mass is 16.5. The number of hydrogen-bond donors (Lipinski definition) is 1. The van der Waals surface area contributed by atoms with Crippen LogP contribution in [0.4, 0.5) is 0 Å². The number of nitrogens with zero attached hydrogens (tertiary/aromatic N) is 4. The fourth-order valence-corrected chi connectivity index (χ4v) is 4.16. The molecule has 0 atom stereocenters. The molecule has 8 heteroatoms. The lowest BCUT2D eigenvalue weighted by molar-refractivity contribution is 0.0708. The second-order valence-electron chi connectivity index (χ2n) is 8.20. The van der Waals surface area contributed by atoms with E-state index >= 15 is 0 Å². The minimum absolute atomic E-state index is 0.0497. The lowest BCUT2D eigenvalue weighted by Gasteiger charge is -2.32. The number of nitrogens with one attached hydrogen (secondary N) is 1. The molecule has 0 radical (unpaired) electrons. The van der Waals surface area contributed by atoms with Crippen LogP contribution < -0.4 is 5.32 Å². The van der Waals surface area contributed by atoms with E-state index in [4.69, 9.17) is 9.51 Å². The topological polar surface area (TPSA) is 101 Å². The van der Waals surface area contributed by atoms with E-state index in [0.717, 1.165) is 29.8 Å². The van der Waals surface area contributed by atoms with Gasteiger partial charge in [-0.3, -0.25) is 19.6 Å². The van der Waals surface area contributed by atoms with Gasteiger partial charge in [0.05, 0.1) is 17.0 Å². The number of hydrogen-bond acceptors (Lipinski definition) is 6. The number of pyridine rings is 2. The van der Waals surface area contributed by atoms with E-state index in [1.54, 1.807) is 26.2 Å². The Hall–Kier alpha value is -3.55. The van der Waals surface area contributed by atoms with E-state index in [1.807, 2.05) is 36.1 Å². The van der Waals surface area contributed by atoms with Gasteiger partial charge in [0.2, 0.25) is 0 Å². The average molecular weight is 434 g/mol. The fourth-order valence-electron chi connectivity index (χ4n) is 4.16. The van der Waals surface area contributed by atoms with Crippen LogP contribution in [-0.2, 0) is 6.54 Å². The predicted octanol–water partition coefficient (Wildman–Crippen LogP) is 3.34. The second kappa shape index (κ2) is 9.30. The van der Waals surface area contributed by atoms with Gasteiger partial charge in [-0.25, -0.2) is 0 Å². The van der Waals surface area contributed by atoms with Gasteiger partial charge in [0.15, 0.2) is 0 Å². The van der Waals surface area contributed by atoms with Crippen LogP contribution in [0.15, 0.2) is 41.2 Å². The molecule has 1 N–H and O–H groups in total. The van der Waals surface area contributed by atoms with Gasteiger partial charge in [-0.15, -0.1) is 0 Å².